The molecule has 0 aromatic heterocycles. The molecule has 0 spiro atoms. The van der Waals surface area contributed by atoms with E-state index in [0.29, 0.717) is 23.1 Å². The monoisotopic (exact) mass is 312 g/mol. The normalized spacial score (nSPS) is 13.5. The summed E-state index contributed by atoms with van der Waals surface area (Å²) in [5.41, 5.74) is 1.59. The van der Waals surface area contributed by atoms with E-state index in [2.05, 4.69) is 10.3 Å². The number of carbonyl (C=O) groups is 1. The molecule has 2 aromatic carbocycles. The highest BCUT2D eigenvalue weighted by Gasteiger charge is 2.16. The molecule has 4 nitrogen and oxygen atoms in total. The van der Waals surface area contributed by atoms with Gasteiger partial charge in [-0.3, -0.25) is 9.79 Å². The molecule has 22 heavy (non-hydrogen) atoms. The van der Waals surface area contributed by atoms with Gasteiger partial charge in [-0.25, -0.2) is 0 Å². The summed E-state index contributed by atoms with van der Waals surface area (Å²) in [6.45, 7) is 1.19. The number of rotatable bonds is 4. The van der Waals surface area contributed by atoms with Crippen molar-refractivity contribution >= 4 is 22.8 Å². The molecule has 0 saturated heterocycles. The van der Waals surface area contributed by atoms with Crippen molar-refractivity contribution in [1.82, 2.24) is 5.32 Å². The van der Waals surface area contributed by atoms with Crippen LogP contribution in [0.15, 0.2) is 59.6 Å². The van der Waals surface area contributed by atoms with Gasteiger partial charge in [-0.1, -0.05) is 54.2 Å². The smallest absolute Gasteiger partial charge is 0.260 e. The molecule has 1 N–H and O–H groups in total. The summed E-state index contributed by atoms with van der Waals surface area (Å²) in [6, 6.07) is 17.1. The first kappa shape index (κ1) is 14.7. The third-order valence-corrected chi connectivity index (χ3v) is 4.07. The molecule has 0 aliphatic carbocycles. The van der Waals surface area contributed by atoms with Gasteiger partial charge in [-0.15, -0.1) is 0 Å². The number of hydrogen-bond acceptors (Lipinski definition) is 4. The highest BCUT2D eigenvalue weighted by molar-refractivity contribution is 8.14. The Kier molecular flexibility index (Phi) is 4.75. The largest absolute Gasteiger partial charge is 0.488 e. The minimum absolute atomic E-state index is 0.184. The van der Waals surface area contributed by atoms with Gasteiger partial charge >= 0.3 is 0 Å². The van der Waals surface area contributed by atoms with Gasteiger partial charge in [0.05, 0.1) is 12.1 Å². The molecule has 0 atom stereocenters. The molecule has 5 heteroatoms. The zero-order valence-electron chi connectivity index (χ0n) is 12.0. The summed E-state index contributed by atoms with van der Waals surface area (Å²) in [5, 5.41) is 3.51. The molecule has 1 amide bonds. The lowest BCUT2D eigenvalue weighted by Gasteiger charge is -2.11. The molecule has 3 rings (SSSR count). The number of thioether (sulfide) groups is 1. The van der Waals surface area contributed by atoms with Crippen LogP contribution in [-0.4, -0.2) is 23.4 Å². The van der Waals surface area contributed by atoms with E-state index in [4.69, 9.17) is 4.74 Å². The number of nitrogens with one attached hydrogen (secondary N) is 1. The topological polar surface area (TPSA) is 50.7 Å². The van der Waals surface area contributed by atoms with Gasteiger partial charge in [0.2, 0.25) is 0 Å². The second-order valence-electron chi connectivity index (χ2n) is 4.76. The van der Waals surface area contributed by atoms with Crippen LogP contribution >= 0.6 is 11.8 Å². The molecule has 1 aliphatic rings. The lowest BCUT2D eigenvalue weighted by atomic mass is 10.2. The van der Waals surface area contributed by atoms with E-state index in [9.17, 15) is 4.79 Å². The Morgan fingerprint density at radius 1 is 1.14 bits per heavy atom. The molecule has 0 bridgehead atoms. The first-order valence-corrected chi connectivity index (χ1v) is 8.06. The van der Waals surface area contributed by atoms with Crippen LogP contribution in [0.4, 0.5) is 0 Å². The predicted octanol–water partition coefficient (Wildman–Crippen LogP) is 3.10. The van der Waals surface area contributed by atoms with Gasteiger partial charge in [0.25, 0.3) is 5.91 Å². The average molecular weight is 312 g/mol. The molecule has 0 unspecified atom stereocenters. The minimum Gasteiger partial charge on any atom is -0.488 e. The lowest BCUT2D eigenvalue weighted by molar-refractivity contribution is 0.0973. The van der Waals surface area contributed by atoms with E-state index in [1.807, 2.05) is 42.5 Å². The number of amides is 1. The Hall–Kier alpha value is -2.27. The number of nitrogens with zero attached hydrogens (tertiary/aromatic N) is 1. The molecule has 1 aliphatic heterocycles. The number of hydrogen-bond donors (Lipinski definition) is 1. The van der Waals surface area contributed by atoms with Crippen LogP contribution in [-0.2, 0) is 6.61 Å². The quantitative estimate of drug-likeness (QED) is 0.944. The van der Waals surface area contributed by atoms with Crippen molar-refractivity contribution in [3.63, 3.8) is 0 Å². The van der Waals surface area contributed by atoms with Gasteiger partial charge in [0.1, 0.15) is 12.4 Å². The Morgan fingerprint density at radius 3 is 2.68 bits per heavy atom. The fourth-order valence-corrected chi connectivity index (χ4v) is 2.81. The SMILES string of the molecule is O=C(NC1=NCCS1)c1ccccc1OCc1ccccc1. The molecular weight excluding hydrogens is 296 g/mol. The second-order valence-corrected chi connectivity index (χ2v) is 5.84. The van der Waals surface area contributed by atoms with E-state index in [-0.39, 0.29) is 5.91 Å². The van der Waals surface area contributed by atoms with Gasteiger partial charge in [0.15, 0.2) is 5.17 Å². The second kappa shape index (κ2) is 7.13. The Bertz CT molecular complexity index is 686. The van der Waals surface area contributed by atoms with Crippen molar-refractivity contribution in [3.8, 4) is 5.75 Å². The predicted molar refractivity (Wildman–Crippen MR) is 89.4 cm³/mol. The number of amidine groups is 1. The zero-order chi connectivity index (χ0) is 15.2. The number of ether oxygens (including phenoxy) is 1. The van der Waals surface area contributed by atoms with Crippen LogP contribution in [0.25, 0.3) is 0 Å². The molecule has 0 fully saturated rings. The van der Waals surface area contributed by atoms with Crippen LogP contribution in [0.5, 0.6) is 5.75 Å². The van der Waals surface area contributed by atoms with Crippen LogP contribution < -0.4 is 10.1 Å². The Morgan fingerprint density at radius 2 is 1.91 bits per heavy atom. The van der Waals surface area contributed by atoms with Crippen molar-refractivity contribution in [1.29, 1.82) is 0 Å². The van der Waals surface area contributed by atoms with Crippen molar-refractivity contribution in [2.75, 3.05) is 12.3 Å². The summed E-state index contributed by atoms with van der Waals surface area (Å²) in [7, 11) is 0. The number of carbonyl (C=O) groups excluding carboxylic acids is 1. The molecular formula is C17H16N2O2S. The summed E-state index contributed by atoms with van der Waals surface area (Å²) in [5.74, 6) is 1.31. The maximum atomic E-state index is 12.3. The third kappa shape index (κ3) is 3.68. The van der Waals surface area contributed by atoms with Crippen molar-refractivity contribution in [2.24, 2.45) is 4.99 Å². The van der Waals surface area contributed by atoms with Crippen LogP contribution in [0.3, 0.4) is 0 Å². The Balaban J connectivity index is 1.70. The number of para-hydroxylation sites is 1. The molecule has 0 saturated carbocycles. The summed E-state index contributed by atoms with van der Waals surface area (Å²) in [4.78, 5) is 16.6. The van der Waals surface area contributed by atoms with E-state index >= 15 is 0 Å². The average Bonchev–Trinajstić information content (AvgIpc) is 3.07. The highest BCUT2D eigenvalue weighted by atomic mass is 32.2. The van der Waals surface area contributed by atoms with Crippen LogP contribution in [0.2, 0.25) is 0 Å². The maximum absolute atomic E-state index is 12.3. The zero-order valence-corrected chi connectivity index (χ0v) is 12.8. The van der Waals surface area contributed by atoms with Crippen molar-refractivity contribution < 1.29 is 9.53 Å². The summed E-state index contributed by atoms with van der Waals surface area (Å²) < 4.78 is 5.80. The van der Waals surface area contributed by atoms with Crippen molar-refractivity contribution in [3.05, 3.63) is 65.7 Å². The fourth-order valence-electron chi connectivity index (χ4n) is 2.09. The van der Waals surface area contributed by atoms with Crippen molar-refractivity contribution in [2.45, 2.75) is 6.61 Å². The van der Waals surface area contributed by atoms with Gasteiger partial charge in [0, 0.05) is 5.75 Å². The molecule has 0 radical (unpaired) electrons. The molecule has 1 heterocycles. The van der Waals surface area contributed by atoms with Gasteiger partial charge < -0.3 is 10.1 Å². The minimum atomic E-state index is -0.184. The van der Waals surface area contributed by atoms with E-state index < -0.39 is 0 Å². The van der Waals surface area contributed by atoms with Gasteiger partial charge in [-0.2, -0.15) is 0 Å². The standard InChI is InChI=1S/C17H16N2O2S/c20-16(19-17-18-10-11-22-17)14-8-4-5-9-15(14)21-12-13-6-2-1-3-7-13/h1-9H,10-12H2,(H,18,19,20). The Labute approximate surface area is 133 Å². The van der Waals surface area contributed by atoms with E-state index in [0.717, 1.165) is 17.9 Å². The summed E-state index contributed by atoms with van der Waals surface area (Å²) >= 11 is 1.56. The van der Waals surface area contributed by atoms with E-state index in [1.165, 1.54) is 0 Å². The van der Waals surface area contributed by atoms with E-state index in [1.54, 1.807) is 23.9 Å². The van der Waals surface area contributed by atoms with Gasteiger partial charge in [-0.05, 0) is 17.7 Å². The number of benzene rings is 2. The molecule has 2 aromatic rings. The first-order valence-electron chi connectivity index (χ1n) is 7.07. The number of aliphatic imine (C=N–C) groups is 1. The first-order chi connectivity index (χ1) is 10.8. The highest BCUT2D eigenvalue weighted by Crippen LogP contribution is 2.20. The maximum Gasteiger partial charge on any atom is 0.260 e. The third-order valence-electron chi connectivity index (χ3n) is 3.17. The lowest BCUT2D eigenvalue weighted by Crippen LogP contribution is -2.27. The van der Waals surface area contributed by atoms with Crippen LogP contribution in [0.1, 0.15) is 15.9 Å². The fraction of sp³-hybridized carbons (Fsp3) is 0.176. The summed E-state index contributed by atoms with van der Waals surface area (Å²) in [6.07, 6.45) is 0. The van der Waals surface area contributed by atoms with Crippen LogP contribution in [0, 0.1) is 0 Å². The molecule has 112 valence electrons.